The quantitative estimate of drug-likeness (QED) is 0.294. The number of benzene rings is 3. The average Bonchev–Trinajstić information content (AvgIpc) is 3.26. The molecule has 1 aliphatic rings. The zero-order valence-corrected chi connectivity index (χ0v) is 22.1. The lowest BCUT2D eigenvalue weighted by molar-refractivity contribution is -0.203. The summed E-state index contributed by atoms with van der Waals surface area (Å²) in [4.78, 5) is 23.9. The van der Waals surface area contributed by atoms with Crippen molar-refractivity contribution in [3.05, 3.63) is 108 Å². The van der Waals surface area contributed by atoms with Crippen molar-refractivity contribution in [1.82, 2.24) is 0 Å². The summed E-state index contributed by atoms with van der Waals surface area (Å²) in [5, 5.41) is 0. The van der Waals surface area contributed by atoms with E-state index in [4.69, 9.17) is 28.4 Å². The van der Waals surface area contributed by atoms with Crippen molar-refractivity contribution in [2.45, 2.75) is 64.4 Å². The highest BCUT2D eigenvalue weighted by molar-refractivity contribution is 5.67. The third-order valence-corrected chi connectivity index (χ3v) is 6.14. The van der Waals surface area contributed by atoms with Crippen LogP contribution >= 0.6 is 0 Å². The molecule has 39 heavy (non-hydrogen) atoms. The molecule has 0 aliphatic carbocycles. The minimum Gasteiger partial charge on any atom is -0.453 e. The summed E-state index contributed by atoms with van der Waals surface area (Å²) in [6.07, 6.45) is -4.33. The van der Waals surface area contributed by atoms with Gasteiger partial charge in [-0.15, -0.1) is 0 Å². The Kier molecular flexibility index (Phi) is 10.6. The van der Waals surface area contributed by atoms with E-state index >= 15 is 0 Å². The lowest BCUT2D eigenvalue weighted by atomic mass is 10.0. The van der Waals surface area contributed by atoms with E-state index in [2.05, 4.69) is 0 Å². The Labute approximate surface area is 228 Å². The van der Waals surface area contributed by atoms with Gasteiger partial charge in [0.05, 0.1) is 26.4 Å². The fourth-order valence-corrected chi connectivity index (χ4v) is 4.36. The molecule has 1 aliphatic heterocycles. The van der Waals surface area contributed by atoms with Crippen molar-refractivity contribution in [1.29, 1.82) is 0 Å². The van der Waals surface area contributed by atoms with Gasteiger partial charge < -0.3 is 28.4 Å². The summed E-state index contributed by atoms with van der Waals surface area (Å²) in [6.45, 7) is 3.62. The zero-order chi connectivity index (χ0) is 27.5. The first kappa shape index (κ1) is 28.4. The molecule has 1 heterocycles. The summed E-state index contributed by atoms with van der Waals surface area (Å²) in [6, 6.07) is 29.1. The van der Waals surface area contributed by atoms with Crippen molar-refractivity contribution in [3.8, 4) is 0 Å². The predicted molar refractivity (Wildman–Crippen MR) is 142 cm³/mol. The Morgan fingerprint density at radius 3 is 1.74 bits per heavy atom. The van der Waals surface area contributed by atoms with Crippen molar-refractivity contribution in [3.63, 3.8) is 0 Å². The minimum atomic E-state index is -1.16. The number of hydrogen-bond acceptors (Lipinski definition) is 8. The predicted octanol–water partition coefficient (Wildman–Crippen LogP) is 4.59. The molecule has 1 fully saturated rings. The molecule has 0 amide bonds. The smallest absolute Gasteiger partial charge is 0.305 e. The van der Waals surface area contributed by atoms with Crippen LogP contribution < -0.4 is 0 Å². The second kappa shape index (κ2) is 14.6. The second-order valence-corrected chi connectivity index (χ2v) is 9.25. The molecule has 8 nitrogen and oxygen atoms in total. The Hall–Kier alpha value is -3.56. The summed E-state index contributed by atoms with van der Waals surface area (Å²) < 4.78 is 35.9. The molecule has 0 aromatic heterocycles. The summed E-state index contributed by atoms with van der Waals surface area (Å²) in [7, 11) is 0. The van der Waals surface area contributed by atoms with Crippen LogP contribution in [0.3, 0.4) is 0 Å². The summed E-state index contributed by atoms with van der Waals surface area (Å²) in [5.74, 6) is -1.11. The van der Waals surface area contributed by atoms with Crippen molar-refractivity contribution < 1.29 is 38.0 Å². The Balaban J connectivity index is 1.57. The number of rotatable bonds is 13. The van der Waals surface area contributed by atoms with Crippen molar-refractivity contribution in [2.75, 3.05) is 6.61 Å². The van der Waals surface area contributed by atoms with Crippen LogP contribution in [0.15, 0.2) is 91.0 Å². The van der Waals surface area contributed by atoms with E-state index in [0.717, 1.165) is 16.7 Å². The number of carbonyl (C=O) groups excluding carboxylic acids is 2. The highest BCUT2D eigenvalue weighted by Crippen LogP contribution is 2.32. The van der Waals surface area contributed by atoms with Crippen molar-refractivity contribution >= 4 is 11.9 Å². The number of ether oxygens (including phenoxy) is 6. The van der Waals surface area contributed by atoms with Gasteiger partial charge in [-0.05, 0) is 16.7 Å². The lowest BCUT2D eigenvalue weighted by Crippen LogP contribution is -2.45. The Bertz CT molecular complexity index is 1150. The minimum absolute atomic E-state index is 0.164. The first-order chi connectivity index (χ1) is 19.0. The van der Waals surface area contributed by atoms with Gasteiger partial charge in [0.2, 0.25) is 6.29 Å². The maximum absolute atomic E-state index is 12.0. The van der Waals surface area contributed by atoms with E-state index in [1.807, 2.05) is 91.0 Å². The van der Waals surface area contributed by atoms with Crippen LogP contribution in [-0.2, 0) is 57.8 Å². The highest BCUT2D eigenvalue weighted by Gasteiger charge is 2.53. The molecule has 0 N–H and O–H groups in total. The second-order valence-electron chi connectivity index (χ2n) is 9.25. The molecule has 4 rings (SSSR count). The van der Waals surface area contributed by atoms with Gasteiger partial charge >= 0.3 is 11.9 Å². The monoisotopic (exact) mass is 534 g/mol. The van der Waals surface area contributed by atoms with Crippen LogP contribution in [0.4, 0.5) is 0 Å². The number of hydrogen-bond donors (Lipinski definition) is 0. The van der Waals surface area contributed by atoms with E-state index in [1.54, 1.807) is 0 Å². The van der Waals surface area contributed by atoms with Crippen LogP contribution in [-0.4, -0.2) is 49.3 Å². The zero-order valence-electron chi connectivity index (χ0n) is 22.1. The third kappa shape index (κ3) is 8.73. The van der Waals surface area contributed by atoms with E-state index in [-0.39, 0.29) is 13.2 Å². The normalized spacial score (nSPS) is 21.3. The molecule has 3 aromatic carbocycles. The first-order valence-corrected chi connectivity index (χ1v) is 12.9. The van der Waals surface area contributed by atoms with E-state index in [9.17, 15) is 9.59 Å². The standard InChI is InChI=1S/C31H34O8/c1-22(32)37-30-29(36-20-26-16-10-5-11-17-26)28(39-31(30)38-23(2)33)27(35-19-25-14-8-4-9-15-25)21-34-18-24-12-6-3-7-13-24/h3-17,27-31H,18-21H2,1-2H3/t27-,28-,29+,30-,31?/m1/s1. The summed E-state index contributed by atoms with van der Waals surface area (Å²) >= 11 is 0. The van der Waals surface area contributed by atoms with Crippen LogP contribution in [0.25, 0.3) is 0 Å². The van der Waals surface area contributed by atoms with Gasteiger partial charge in [0, 0.05) is 13.8 Å². The molecule has 1 saturated heterocycles. The number of carbonyl (C=O) groups is 2. The van der Waals surface area contributed by atoms with Gasteiger partial charge in [-0.3, -0.25) is 9.59 Å². The fourth-order valence-electron chi connectivity index (χ4n) is 4.36. The van der Waals surface area contributed by atoms with Gasteiger partial charge in [-0.2, -0.15) is 0 Å². The molecule has 0 spiro atoms. The molecular formula is C31H34O8. The molecular weight excluding hydrogens is 500 g/mol. The van der Waals surface area contributed by atoms with Gasteiger partial charge in [0.25, 0.3) is 0 Å². The molecule has 1 unspecified atom stereocenters. The maximum Gasteiger partial charge on any atom is 0.305 e. The van der Waals surface area contributed by atoms with Crippen molar-refractivity contribution in [2.24, 2.45) is 0 Å². The molecule has 0 bridgehead atoms. The SMILES string of the molecule is CC(=O)OC1O[C@H]([C@@H](COCc2ccccc2)OCc2ccccc2)[C@H](OCc2ccccc2)[C@H]1OC(C)=O. The van der Waals surface area contributed by atoms with Gasteiger partial charge in [-0.25, -0.2) is 0 Å². The molecule has 0 radical (unpaired) electrons. The van der Waals surface area contributed by atoms with Crippen LogP contribution in [0.2, 0.25) is 0 Å². The molecule has 8 heteroatoms. The molecule has 5 atom stereocenters. The molecule has 206 valence electrons. The molecule has 3 aromatic rings. The van der Waals surface area contributed by atoms with Gasteiger partial charge in [-0.1, -0.05) is 91.0 Å². The number of esters is 2. The first-order valence-electron chi connectivity index (χ1n) is 12.9. The van der Waals surface area contributed by atoms with E-state index in [0.29, 0.717) is 13.2 Å². The van der Waals surface area contributed by atoms with E-state index < -0.39 is 42.6 Å². The van der Waals surface area contributed by atoms with Crippen LogP contribution in [0, 0.1) is 0 Å². The van der Waals surface area contributed by atoms with Gasteiger partial charge in [0.1, 0.15) is 18.3 Å². The van der Waals surface area contributed by atoms with Crippen LogP contribution in [0.1, 0.15) is 30.5 Å². The average molecular weight is 535 g/mol. The fraction of sp³-hybridized carbons (Fsp3) is 0.355. The topological polar surface area (TPSA) is 89.5 Å². The Morgan fingerprint density at radius 1 is 0.692 bits per heavy atom. The maximum atomic E-state index is 12.0. The summed E-state index contributed by atoms with van der Waals surface area (Å²) in [5.41, 5.74) is 2.91. The highest BCUT2D eigenvalue weighted by atomic mass is 16.7. The van der Waals surface area contributed by atoms with E-state index in [1.165, 1.54) is 13.8 Å². The lowest BCUT2D eigenvalue weighted by Gasteiger charge is -2.29. The molecule has 0 saturated carbocycles. The van der Waals surface area contributed by atoms with Gasteiger partial charge in [0.15, 0.2) is 6.10 Å². The Morgan fingerprint density at radius 2 is 1.21 bits per heavy atom. The third-order valence-electron chi connectivity index (χ3n) is 6.14. The van der Waals surface area contributed by atoms with Crippen LogP contribution in [0.5, 0.6) is 0 Å². The largest absolute Gasteiger partial charge is 0.453 e.